The van der Waals surface area contributed by atoms with Crippen molar-refractivity contribution >= 4 is 40.9 Å². The van der Waals surface area contributed by atoms with E-state index >= 15 is 0 Å². The zero-order chi connectivity index (χ0) is 16.6. The highest BCUT2D eigenvalue weighted by atomic mass is 32.1. The Hall–Kier alpha value is -2.73. The summed E-state index contributed by atoms with van der Waals surface area (Å²) in [5.74, 6) is -0.964. The van der Waals surface area contributed by atoms with E-state index in [9.17, 15) is 9.59 Å². The van der Waals surface area contributed by atoms with Crippen LogP contribution >= 0.6 is 12.2 Å². The third-order valence-electron chi connectivity index (χ3n) is 3.55. The van der Waals surface area contributed by atoms with Crippen molar-refractivity contribution in [3.8, 4) is 0 Å². The van der Waals surface area contributed by atoms with E-state index in [0.29, 0.717) is 11.3 Å². The first-order valence-corrected chi connectivity index (χ1v) is 7.39. The number of benzene rings is 1. The largest absolute Gasteiger partial charge is 0.472 e. The molecule has 23 heavy (non-hydrogen) atoms. The van der Waals surface area contributed by atoms with Crippen molar-refractivity contribution in [3.63, 3.8) is 0 Å². The lowest BCUT2D eigenvalue weighted by atomic mass is 10.1. The number of nitrogens with one attached hydrogen (secondary N) is 1. The van der Waals surface area contributed by atoms with Crippen LogP contribution in [0.5, 0.6) is 0 Å². The van der Waals surface area contributed by atoms with Gasteiger partial charge in [-0.25, -0.2) is 0 Å². The molecule has 2 aromatic rings. The Morgan fingerprint density at radius 1 is 1.22 bits per heavy atom. The van der Waals surface area contributed by atoms with Crippen molar-refractivity contribution < 1.29 is 14.0 Å². The lowest BCUT2D eigenvalue weighted by Gasteiger charge is -2.30. The molecule has 2 heterocycles. The quantitative estimate of drug-likeness (QED) is 0.524. The summed E-state index contributed by atoms with van der Waals surface area (Å²) in [5, 5.41) is 2.64. The van der Waals surface area contributed by atoms with E-state index in [2.05, 4.69) is 5.32 Å². The molecule has 116 valence electrons. The van der Waals surface area contributed by atoms with E-state index in [0.717, 1.165) is 11.1 Å². The van der Waals surface area contributed by atoms with Crippen molar-refractivity contribution in [2.75, 3.05) is 4.90 Å². The number of hydrogen-bond donors (Lipinski definition) is 1. The van der Waals surface area contributed by atoms with Crippen LogP contribution in [0.15, 0.2) is 46.8 Å². The van der Waals surface area contributed by atoms with E-state index in [-0.39, 0.29) is 10.7 Å². The molecule has 3 rings (SSSR count). The number of thiocarbonyl (C=S) groups is 1. The first-order chi connectivity index (χ1) is 11.0. The Balaban J connectivity index is 2.05. The summed E-state index contributed by atoms with van der Waals surface area (Å²) < 4.78 is 4.96. The van der Waals surface area contributed by atoms with E-state index in [1.54, 1.807) is 6.07 Å². The SMILES string of the molecule is Cc1ccc(N2C(=O)/C(=C/c3ccoc3)C(=O)NC2=S)c(C)c1. The predicted molar refractivity (Wildman–Crippen MR) is 90.8 cm³/mol. The summed E-state index contributed by atoms with van der Waals surface area (Å²) in [6.07, 6.45) is 4.42. The molecule has 1 aromatic carbocycles. The van der Waals surface area contributed by atoms with Crippen LogP contribution in [-0.2, 0) is 9.59 Å². The first-order valence-electron chi connectivity index (χ1n) is 6.98. The van der Waals surface area contributed by atoms with Crippen LogP contribution in [0.2, 0.25) is 0 Å². The molecule has 1 fully saturated rings. The number of anilines is 1. The molecule has 0 aliphatic carbocycles. The average molecular weight is 326 g/mol. The van der Waals surface area contributed by atoms with Gasteiger partial charge in [-0.3, -0.25) is 19.8 Å². The Labute approximate surface area is 138 Å². The maximum absolute atomic E-state index is 12.8. The molecular formula is C17H14N2O3S. The van der Waals surface area contributed by atoms with Crippen molar-refractivity contribution in [1.82, 2.24) is 5.32 Å². The first kappa shape index (κ1) is 15.2. The van der Waals surface area contributed by atoms with Gasteiger partial charge in [0.05, 0.1) is 18.2 Å². The molecule has 5 nitrogen and oxygen atoms in total. The molecule has 0 radical (unpaired) electrons. The Kier molecular flexibility index (Phi) is 3.83. The van der Waals surface area contributed by atoms with Crippen LogP contribution in [0.1, 0.15) is 16.7 Å². The molecule has 0 saturated carbocycles. The monoisotopic (exact) mass is 326 g/mol. The maximum Gasteiger partial charge on any atom is 0.270 e. The minimum atomic E-state index is -0.512. The number of nitrogens with zero attached hydrogens (tertiary/aromatic N) is 1. The van der Waals surface area contributed by atoms with Gasteiger partial charge in [0.2, 0.25) is 0 Å². The minimum absolute atomic E-state index is 0.0139. The molecule has 0 spiro atoms. The molecule has 1 saturated heterocycles. The van der Waals surface area contributed by atoms with Crippen LogP contribution in [0.4, 0.5) is 5.69 Å². The fourth-order valence-corrected chi connectivity index (χ4v) is 2.73. The minimum Gasteiger partial charge on any atom is -0.472 e. The third kappa shape index (κ3) is 2.80. The maximum atomic E-state index is 12.8. The van der Waals surface area contributed by atoms with Gasteiger partial charge >= 0.3 is 0 Å². The van der Waals surface area contributed by atoms with Gasteiger partial charge in [-0.15, -0.1) is 0 Å². The average Bonchev–Trinajstić information content (AvgIpc) is 2.98. The number of carbonyl (C=O) groups excluding carboxylic acids is 2. The van der Waals surface area contributed by atoms with Gasteiger partial charge in [-0.2, -0.15) is 0 Å². The van der Waals surface area contributed by atoms with E-state index in [4.69, 9.17) is 16.6 Å². The summed E-state index contributed by atoms with van der Waals surface area (Å²) in [7, 11) is 0. The Morgan fingerprint density at radius 2 is 2.00 bits per heavy atom. The number of rotatable bonds is 2. The molecule has 1 aliphatic rings. The Morgan fingerprint density at radius 3 is 2.65 bits per heavy atom. The second-order valence-electron chi connectivity index (χ2n) is 5.30. The second kappa shape index (κ2) is 5.81. The van der Waals surface area contributed by atoms with Gasteiger partial charge in [0.15, 0.2) is 5.11 Å². The number of furan rings is 1. The highest BCUT2D eigenvalue weighted by Gasteiger charge is 2.35. The summed E-state index contributed by atoms with van der Waals surface area (Å²) in [6, 6.07) is 7.35. The van der Waals surface area contributed by atoms with Crippen molar-refractivity contribution in [2.45, 2.75) is 13.8 Å². The molecule has 6 heteroatoms. The van der Waals surface area contributed by atoms with Crippen molar-refractivity contribution in [2.24, 2.45) is 0 Å². The van der Waals surface area contributed by atoms with Crippen molar-refractivity contribution in [1.29, 1.82) is 0 Å². The second-order valence-corrected chi connectivity index (χ2v) is 5.69. The number of carbonyl (C=O) groups is 2. The van der Waals surface area contributed by atoms with E-state index < -0.39 is 11.8 Å². The summed E-state index contributed by atoms with van der Waals surface area (Å²) in [6.45, 7) is 3.87. The molecule has 0 bridgehead atoms. The summed E-state index contributed by atoms with van der Waals surface area (Å²) in [5.41, 5.74) is 3.29. The van der Waals surface area contributed by atoms with Gasteiger partial charge in [-0.1, -0.05) is 17.7 Å². The van der Waals surface area contributed by atoms with Gasteiger partial charge in [-0.05, 0) is 49.8 Å². The van der Waals surface area contributed by atoms with Gasteiger partial charge < -0.3 is 4.42 Å². The topological polar surface area (TPSA) is 62.6 Å². The zero-order valence-corrected chi connectivity index (χ0v) is 13.4. The number of aryl methyl sites for hydroxylation is 2. The van der Waals surface area contributed by atoms with Crippen LogP contribution in [0.25, 0.3) is 6.08 Å². The molecule has 1 aromatic heterocycles. The van der Waals surface area contributed by atoms with E-state index in [1.165, 1.54) is 23.5 Å². The molecule has 1 N–H and O–H groups in total. The predicted octanol–water partition coefficient (Wildman–Crippen LogP) is 2.73. The number of hydrogen-bond acceptors (Lipinski definition) is 4. The fraction of sp³-hybridized carbons (Fsp3) is 0.118. The molecule has 0 atom stereocenters. The molecule has 1 aliphatic heterocycles. The zero-order valence-electron chi connectivity index (χ0n) is 12.6. The van der Waals surface area contributed by atoms with Gasteiger partial charge in [0, 0.05) is 5.56 Å². The van der Waals surface area contributed by atoms with Gasteiger partial charge in [0.25, 0.3) is 11.8 Å². The van der Waals surface area contributed by atoms with Crippen LogP contribution in [0, 0.1) is 13.8 Å². The van der Waals surface area contributed by atoms with Crippen LogP contribution in [-0.4, -0.2) is 16.9 Å². The molecule has 0 unspecified atom stereocenters. The lowest BCUT2D eigenvalue weighted by Crippen LogP contribution is -2.54. The third-order valence-corrected chi connectivity index (χ3v) is 3.83. The van der Waals surface area contributed by atoms with Crippen LogP contribution < -0.4 is 10.2 Å². The van der Waals surface area contributed by atoms with Crippen molar-refractivity contribution in [3.05, 3.63) is 59.1 Å². The number of amides is 2. The Bertz CT molecular complexity index is 838. The van der Waals surface area contributed by atoms with Gasteiger partial charge in [0.1, 0.15) is 5.57 Å². The highest BCUT2D eigenvalue weighted by molar-refractivity contribution is 7.80. The smallest absolute Gasteiger partial charge is 0.270 e. The lowest BCUT2D eigenvalue weighted by molar-refractivity contribution is -0.122. The molecule has 2 amide bonds. The normalized spacial score (nSPS) is 16.9. The van der Waals surface area contributed by atoms with E-state index in [1.807, 2.05) is 32.0 Å². The fourth-order valence-electron chi connectivity index (χ4n) is 2.46. The summed E-state index contributed by atoms with van der Waals surface area (Å²) in [4.78, 5) is 26.2. The standard InChI is InChI=1S/C17H14N2O3S/c1-10-3-4-14(11(2)7-10)19-16(21)13(15(20)18-17(19)23)8-12-5-6-22-9-12/h3-9H,1-2H3,(H,18,20,23)/b13-8+. The highest BCUT2D eigenvalue weighted by Crippen LogP contribution is 2.26. The van der Waals surface area contributed by atoms with Crippen LogP contribution in [0.3, 0.4) is 0 Å². The summed E-state index contributed by atoms with van der Waals surface area (Å²) >= 11 is 5.18. The molecular weight excluding hydrogens is 312 g/mol.